The van der Waals surface area contributed by atoms with Gasteiger partial charge in [-0.1, -0.05) is 30.3 Å². The van der Waals surface area contributed by atoms with Gasteiger partial charge in [-0.05, 0) is 29.7 Å². The molecular weight excluding hydrogens is 368 g/mol. The Bertz CT molecular complexity index is 960. The van der Waals surface area contributed by atoms with Crippen LogP contribution in [0.2, 0.25) is 0 Å². The predicted octanol–water partition coefficient (Wildman–Crippen LogP) is 1.73. The minimum Gasteiger partial charge on any atom is -0.489 e. The number of para-hydroxylation sites is 2. The third-order valence-electron chi connectivity index (χ3n) is 4.38. The van der Waals surface area contributed by atoms with Gasteiger partial charge in [0.05, 0.1) is 12.0 Å². The number of nitriles is 1. The van der Waals surface area contributed by atoms with Gasteiger partial charge in [0.15, 0.2) is 0 Å². The van der Waals surface area contributed by atoms with E-state index in [1.54, 1.807) is 24.3 Å². The van der Waals surface area contributed by atoms with Crippen molar-refractivity contribution in [2.24, 2.45) is 0 Å². The highest BCUT2D eigenvalue weighted by Gasteiger charge is 2.08. The molecule has 4 N–H and O–H groups in total. The zero-order valence-corrected chi connectivity index (χ0v) is 16.0. The summed E-state index contributed by atoms with van der Waals surface area (Å²) in [4.78, 5) is 15.3. The second-order valence-corrected chi connectivity index (χ2v) is 6.69. The van der Waals surface area contributed by atoms with Crippen LogP contribution in [-0.4, -0.2) is 48.3 Å². The number of amides is 1. The van der Waals surface area contributed by atoms with Crippen molar-refractivity contribution in [1.82, 2.24) is 15.6 Å². The van der Waals surface area contributed by atoms with Crippen LogP contribution >= 0.6 is 0 Å². The van der Waals surface area contributed by atoms with Gasteiger partial charge in [0.1, 0.15) is 24.5 Å². The Hall–Kier alpha value is -3.34. The molecule has 3 aromatic rings. The van der Waals surface area contributed by atoms with Gasteiger partial charge in [0, 0.05) is 30.8 Å². The smallest absolute Gasteiger partial charge is 0.225 e. The number of nitrogens with one attached hydrogen (secondary N) is 3. The molecule has 0 aliphatic heterocycles. The van der Waals surface area contributed by atoms with E-state index in [9.17, 15) is 9.90 Å². The van der Waals surface area contributed by atoms with Crippen molar-refractivity contribution in [2.45, 2.75) is 12.5 Å². The third-order valence-corrected chi connectivity index (χ3v) is 4.38. The number of aromatic amines is 1. The van der Waals surface area contributed by atoms with Crippen molar-refractivity contribution >= 4 is 16.8 Å². The van der Waals surface area contributed by atoms with Gasteiger partial charge in [0.2, 0.25) is 5.91 Å². The average Bonchev–Trinajstić information content (AvgIpc) is 3.14. The van der Waals surface area contributed by atoms with Crippen molar-refractivity contribution in [3.63, 3.8) is 0 Å². The molecule has 0 spiro atoms. The fourth-order valence-electron chi connectivity index (χ4n) is 2.95. The Morgan fingerprint density at radius 1 is 1.17 bits per heavy atom. The van der Waals surface area contributed by atoms with E-state index < -0.39 is 6.10 Å². The van der Waals surface area contributed by atoms with Gasteiger partial charge >= 0.3 is 0 Å². The first-order valence-electron chi connectivity index (χ1n) is 9.50. The minimum absolute atomic E-state index is 0.0599. The molecule has 7 heteroatoms. The number of nitrogens with zero attached hydrogens (tertiary/aromatic N) is 1. The van der Waals surface area contributed by atoms with E-state index in [-0.39, 0.29) is 12.5 Å². The Balaban J connectivity index is 1.30. The quantitative estimate of drug-likeness (QED) is 0.393. The molecule has 0 saturated heterocycles. The van der Waals surface area contributed by atoms with Crippen LogP contribution < -0.4 is 15.4 Å². The van der Waals surface area contributed by atoms with E-state index in [0.29, 0.717) is 37.4 Å². The van der Waals surface area contributed by atoms with Gasteiger partial charge in [-0.15, -0.1) is 0 Å². The SMILES string of the molecule is N#Cc1ccccc1OCC(O)CNCCNC(=O)Cc1cc2ccccc2[nH]1. The molecule has 1 amide bonds. The molecule has 7 nitrogen and oxygen atoms in total. The highest BCUT2D eigenvalue weighted by molar-refractivity contribution is 5.84. The van der Waals surface area contributed by atoms with Gasteiger partial charge < -0.3 is 25.5 Å². The molecule has 0 aliphatic rings. The average molecular weight is 392 g/mol. The summed E-state index contributed by atoms with van der Waals surface area (Å²) in [6.07, 6.45) is -0.424. The van der Waals surface area contributed by atoms with E-state index in [2.05, 4.69) is 15.6 Å². The Morgan fingerprint density at radius 2 is 1.97 bits per heavy atom. The molecule has 0 radical (unpaired) electrons. The molecule has 0 fully saturated rings. The number of aromatic nitrogens is 1. The van der Waals surface area contributed by atoms with E-state index >= 15 is 0 Å². The highest BCUT2D eigenvalue weighted by Crippen LogP contribution is 2.16. The maximum absolute atomic E-state index is 12.1. The first-order valence-corrected chi connectivity index (χ1v) is 9.50. The minimum atomic E-state index is -0.719. The molecule has 2 aromatic carbocycles. The maximum Gasteiger partial charge on any atom is 0.225 e. The lowest BCUT2D eigenvalue weighted by Crippen LogP contribution is -2.37. The molecule has 0 aliphatic carbocycles. The van der Waals surface area contributed by atoms with Crippen molar-refractivity contribution in [3.8, 4) is 11.8 Å². The summed E-state index contributed by atoms with van der Waals surface area (Å²) in [5.41, 5.74) is 2.33. The summed E-state index contributed by atoms with van der Waals surface area (Å²) in [7, 11) is 0. The molecular formula is C22H24N4O3. The molecule has 29 heavy (non-hydrogen) atoms. The number of rotatable bonds is 10. The first-order chi connectivity index (χ1) is 14.2. The van der Waals surface area contributed by atoms with Crippen molar-refractivity contribution < 1.29 is 14.6 Å². The van der Waals surface area contributed by atoms with Crippen molar-refractivity contribution in [3.05, 3.63) is 65.9 Å². The standard InChI is InChI=1S/C22H24N4O3/c23-13-17-6-2-4-8-21(17)29-15-19(27)14-24-9-10-25-22(28)12-18-11-16-5-1-3-7-20(16)26-18/h1-8,11,19,24,26-27H,9-10,12,14-15H2,(H,25,28). The van der Waals surface area contributed by atoms with E-state index in [1.807, 2.05) is 36.4 Å². The largest absolute Gasteiger partial charge is 0.489 e. The molecule has 1 aromatic heterocycles. The number of aliphatic hydroxyl groups excluding tert-OH is 1. The predicted molar refractivity (Wildman–Crippen MR) is 111 cm³/mol. The highest BCUT2D eigenvalue weighted by atomic mass is 16.5. The van der Waals surface area contributed by atoms with Crippen LogP contribution in [0.15, 0.2) is 54.6 Å². The van der Waals surface area contributed by atoms with E-state index in [0.717, 1.165) is 16.6 Å². The number of aliphatic hydroxyl groups is 1. The number of carbonyl (C=O) groups excluding carboxylic acids is 1. The Labute approximate surface area is 169 Å². The summed E-state index contributed by atoms with van der Waals surface area (Å²) in [5.74, 6) is 0.397. The van der Waals surface area contributed by atoms with E-state index in [1.165, 1.54) is 0 Å². The molecule has 1 atom stereocenters. The molecule has 1 heterocycles. The van der Waals surface area contributed by atoms with Crippen LogP contribution in [0.3, 0.4) is 0 Å². The summed E-state index contributed by atoms with van der Waals surface area (Å²) >= 11 is 0. The summed E-state index contributed by atoms with van der Waals surface area (Å²) < 4.78 is 5.49. The molecule has 1 unspecified atom stereocenters. The zero-order chi connectivity index (χ0) is 20.5. The Morgan fingerprint density at radius 3 is 2.79 bits per heavy atom. The normalized spacial score (nSPS) is 11.7. The maximum atomic E-state index is 12.1. The number of carbonyl (C=O) groups is 1. The van der Waals surface area contributed by atoms with Crippen LogP contribution in [0.1, 0.15) is 11.3 Å². The van der Waals surface area contributed by atoms with Gasteiger partial charge in [0.25, 0.3) is 0 Å². The zero-order valence-electron chi connectivity index (χ0n) is 16.0. The van der Waals surface area contributed by atoms with Crippen LogP contribution in [0, 0.1) is 11.3 Å². The molecule has 150 valence electrons. The fourth-order valence-corrected chi connectivity index (χ4v) is 2.95. The van der Waals surface area contributed by atoms with Crippen molar-refractivity contribution in [2.75, 3.05) is 26.2 Å². The van der Waals surface area contributed by atoms with Gasteiger partial charge in [-0.3, -0.25) is 4.79 Å². The molecule has 0 saturated carbocycles. The van der Waals surface area contributed by atoms with Gasteiger partial charge in [-0.2, -0.15) is 5.26 Å². The number of hydrogen-bond acceptors (Lipinski definition) is 5. The lowest BCUT2D eigenvalue weighted by Gasteiger charge is -2.14. The number of benzene rings is 2. The van der Waals surface area contributed by atoms with Gasteiger partial charge in [-0.25, -0.2) is 0 Å². The molecule has 3 rings (SSSR count). The van der Waals surface area contributed by atoms with Crippen LogP contribution in [0.25, 0.3) is 10.9 Å². The number of hydrogen-bond donors (Lipinski definition) is 4. The monoisotopic (exact) mass is 392 g/mol. The Kier molecular flexibility index (Phi) is 7.22. The van der Waals surface area contributed by atoms with E-state index in [4.69, 9.17) is 10.00 Å². The lowest BCUT2D eigenvalue weighted by molar-refractivity contribution is -0.120. The van der Waals surface area contributed by atoms with Crippen LogP contribution in [0.4, 0.5) is 0 Å². The summed E-state index contributed by atoms with van der Waals surface area (Å²) in [5, 5.41) is 26.0. The summed E-state index contributed by atoms with van der Waals surface area (Å²) in [6.45, 7) is 1.40. The fraction of sp³-hybridized carbons (Fsp3) is 0.273. The van der Waals surface area contributed by atoms with Crippen LogP contribution in [-0.2, 0) is 11.2 Å². The number of ether oxygens (including phenoxy) is 1. The van der Waals surface area contributed by atoms with Crippen LogP contribution in [0.5, 0.6) is 5.75 Å². The topological polar surface area (TPSA) is 110 Å². The first kappa shape index (κ1) is 20.4. The number of fused-ring (bicyclic) bond motifs is 1. The van der Waals surface area contributed by atoms with Crippen molar-refractivity contribution in [1.29, 1.82) is 5.26 Å². The summed E-state index contributed by atoms with van der Waals surface area (Å²) in [6, 6.07) is 18.8. The second kappa shape index (κ2) is 10.3. The second-order valence-electron chi connectivity index (χ2n) is 6.69. The third kappa shape index (κ3) is 6.07. The molecule has 0 bridgehead atoms. The lowest BCUT2D eigenvalue weighted by atomic mass is 10.2. The number of H-pyrrole nitrogens is 1.